The summed E-state index contributed by atoms with van der Waals surface area (Å²) in [4.78, 5) is 0. The van der Waals surface area contributed by atoms with E-state index >= 15 is 0 Å². The number of aliphatic hydroxyl groups excluding tert-OH is 1. The van der Waals surface area contributed by atoms with E-state index in [0.717, 1.165) is 19.3 Å². The van der Waals surface area contributed by atoms with Crippen LogP contribution in [0.1, 0.15) is 59.3 Å². The van der Waals surface area contributed by atoms with Crippen molar-refractivity contribution in [2.45, 2.75) is 71.0 Å². The van der Waals surface area contributed by atoms with Gasteiger partial charge < -0.3 is 10.2 Å². The van der Waals surface area contributed by atoms with Crippen molar-refractivity contribution in [2.75, 3.05) is 0 Å². The Morgan fingerprint density at radius 3 is 2.35 bits per heavy atom. The smallest absolute Gasteiger partial charge is 0.0708 e. The van der Waals surface area contributed by atoms with Crippen LogP contribution in [0.3, 0.4) is 0 Å². The molecule has 0 spiro atoms. The van der Waals surface area contributed by atoms with Crippen molar-refractivity contribution in [3.63, 3.8) is 0 Å². The molecule has 2 bridgehead atoms. The van der Waals surface area contributed by atoms with E-state index in [4.69, 9.17) is 0 Å². The number of hydrogen-bond acceptors (Lipinski definition) is 2. The molecule has 0 aliphatic heterocycles. The Morgan fingerprint density at radius 1 is 1.00 bits per heavy atom. The summed E-state index contributed by atoms with van der Waals surface area (Å²) in [5.74, 6) is 1.11. The minimum atomic E-state index is -0.580. The lowest BCUT2D eigenvalue weighted by atomic mass is 9.49. The van der Waals surface area contributed by atoms with Gasteiger partial charge in [-0.3, -0.25) is 0 Å². The zero-order valence-corrected chi connectivity index (χ0v) is 11.4. The molecule has 0 aromatic rings. The first-order valence-electron chi connectivity index (χ1n) is 7.15. The molecule has 0 heterocycles. The molecule has 0 aromatic carbocycles. The van der Waals surface area contributed by atoms with Crippen molar-refractivity contribution >= 4 is 0 Å². The maximum atomic E-state index is 11.0. The summed E-state index contributed by atoms with van der Waals surface area (Å²) in [6, 6.07) is 0. The highest BCUT2D eigenvalue weighted by atomic mass is 16.3. The van der Waals surface area contributed by atoms with Crippen LogP contribution in [0.25, 0.3) is 0 Å². The van der Waals surface area contributed by atoms with Crippen LogP contribution in [0.2, 0.25) is 0 Å². The quantitative estimate of drug-likeness (QED) is 0.681. The first-order chi connectivity index (χ1) is 7.74. The van der Waals surface area contributed by atoms with Gasteiger partial charge >= 0.3 is 0 Å². The summed E-state index contributed by atoms with van der Waals surface area (Å²) in [5.41, 5.74) is -0.0118. The van der Waals surface area contributed by atoms with Crippen LogP contribution in [0, 0.1) is 22.7 Å². The van der Waals surface area contributed by atoms with Crippen LogP contribution < -0.4 is 0 Å². The van der Waals surface area contributed by atoms with Gasteiger partial charge in [0.1, 0.15) is 0 Å². The van der Waals surface area contributed by atoms with Crippen molar-refractivity contribution in [3.05, 3.63) is 0 Å². The number of fused-ring (bicyclic) bond motifs is 4. The third kappa shape index (κ3) is 1.67. The van der Waals surface area contributed by atoms with Crippen molar-refractivity contribution in [1.82, 2.24) is 0 Å². The Bertz CT molecular complexity index is 338. The largest absolute Gasteiger partial charge is 0.393 e. The molecule has 0 unspecified atom stereocenters. The fourth-order valence-corrected chi connectivity index (χ4v) is 5.31. The molecule has 98 valence electrons. The molecule has 2 N–H and O–H groups in total. The Kier molecular flexibility index (Phi) is 2.30. The van der Waals surface area contributed by atoms with Crippen molar-refractivity contribution in [2.24, 2.45) is 22.7 Å². The van der Waals surface area contributed by atoms with E-state index in [1.807, 2.05) is 0 Å². The second-order valence-electron chi connectivity index (χ2n) is 8.10. The number of rotatable bonds is 0. The van der Waals surface area contributed by atoms with E-state index in [2.05, 4.69) is 20.8 Å². The topological polar surface area (TPSA) is 40.5 Å². The van der Waals surface area contributed by atoms with Crippen molar-refractivity contribution in [3.8, 4) is 0 Å². The van der Waals surface area contributed by atoms with Gasteiger partial charge in [-0.1, -0.05) is 20.8 Å². The molecule has 17 heavy (non-hydrogen) atoms. The monoisotopic (exact) mass is 238 g/mol. The van der Waals surface area contributed by atoms with Gasteiger partial charge in [-0.25, -0.2) is 0 Å². The van der Waals surface area contributed by atoms with Gasteiger partial charge in [-0.2, -0.15) is 0 Å². The molecule has 3 rings (SSSR count). The summed E-state index contributed by atoms with van der Waals surface area (Å²) in [5, 5.41) is 21.0. The Morgan fingerprint density at radius 2 is 1.71 bits per heavy atom. The lowest BCUT2D eigenvalue weighted by Crippen LogP contribution is -2.57. The third-order valence-electron chi connectivity index (χ3n) is 6.04. The zero-order valence-electron chi connectivity index (χ0n) is 11.4. The molecule has 5 atom stereocenters. The summed E-state index contributed by atoms with van der Waals surface area (Å²) in [6.07, 6.45) is 5.67. The first kappa shape index (κ1) is 12.0. The highest BCUT2D eigenvalue weighted by Gasteiger charge is 2.61. The predicted octanol–water partition coefficient (Wildman–Crippen LogP) is 2.72. The highest BCUT2D eigenvalue weighted by molar-refractivity contribution is 5.11. The van der Waals surface area contributed by atoms with E-state index in [9.17, 15) is 10.2 Å². The van der Waals surface area contributed by atoms with Gasteiger partial charge in [0.2, 0.25) is 0 Å². The van der Waals surface area contributed by atoms with Crippen LogP contribution in [-0.2, 0) is 0 Å². The SMILES string of the molecule is CC1(C)C[C@H]2[C@@H]1CC[C@@]1(C)C[C@H](O)C[C@]2(O)C1. The minimum absolute atomic E-state index is 0.167. The molecular weight excluding hydrogens is 212 g/mol. The molecule has 3 fully saturated rings. The van der Waals surface area contributed by atoms with Gasteiger partial charge in [0.15, 0.2) is 0 Å². The molecule has 3 saturated carbocycles. The second kappa shape index (κ2) is 3.27. The molecule has 2 nitrogen and oxygen atoms in total. The maximum absolute atomic E-state index is 11.0. The van der Waals surface area contributed by atoms with Gasteiger partial charge in [-0.15, -0.1) is 0 Å². The first-order valence-corrected chi connectivity index (χ1v) is 7.15. The fraction of sp³-hybridized carbons (Fsp3) is 1.00. The van der Waals surface area contributed by atoms with Gasteiger partial charge in [-0.05, 0) is 54.8 Å². The molecule has 0 radical (unpaired) electrons. The Balaban J connectivity index is 1.93. The minimum Gasteiger partial charge on any atom is -0.393 e. The van der Waals surface area contributed by atoms with E-state index < -0.39 is 5.60 Å². The van der Waals surface area contributed by atoms with Gasteiger partial charge in [0, 0.05) is 6.42 Å². The molecular formula is C15H26O2. The van der Waals surface area contributed by atoms with Crippen LogP contribution >= 0.6 is 0 Å². The molecule has 2 heteroatoms. The van der Waals surface area contributed by atoms with Gasteiger partial charge in [0.05, 0.1) is 11.7 Å². The number of hydrogen-bond donors (Lipinski definition) is 2. The normalized spacial score (nSPS) is 56.6. The van der Waals surface area contributed by atoms with E-state index in [1.165, 1.54) is 12.8 Å². The highest BCUT2D eigenvalue weighted by Crippen LogP contribution is 2.64. The summed E-state index contributed by atoms with van der Waals surface area (Å²) in [7, 11) is 0. The van der Waals surface area contributed by atoms with Crippen molar-refractivity contribution < 1.29 is 10.2 Å². The summed E-state index contributed by atoms with van der Waals surface area (Å²) >= 11 is 0. The van der Waals surface area contributed by atoms with Crippen molar-refractivity contribution in [1.29, 1.82) is 0 Å². The molecule has 3 aliphatic carbocycles. The zero-order chi connectivity index (χ0) is 12.5. The van der Waals surface area contributed by atoms with E-state index in [0.29, 0.717) is 23.7 Å². The Hall–Kier alpha value is -0.0800. The lowest BCUT2D eigenvalue weighted by molar-refractivity contribution is -0.178. The Labute approximate surface area is 104 Å². The maximum Gasteiger partial charge on any atom is 0.0708 e. The second-order valence-corrected chi connectivity index (χ2v) is 8.10. The summed E-state index contributed by atoms with van der Waals surface area (Å²) < 4.78 is 0. The van der Waals surface area contributed by atoms with Crippen LogP contribution in [0.5, 0.6) is 0 Å². The predicted molar refractivity (Wildman–Crippen MR) is 67.5 cm³/mol. The standard InChI is InChI=1S/C15H26O2/c1-13(2)8-12-11(13)4-5-14(3)6-10(16)7-15(12,17)9-14/h10-12,16-17H,4-9H2,1-3H3/t10-,11-,12-,14-,15-/m0/s1. The molecule has 0 amide bonds. The van der Waals surface area contributed by atoms with E-state index in [1.54, 1.807) is 0 Å². The molecule has 0 aromatic heterocycles. The average Bonchev–Trinajstić information content (AvgIpc) is 2.17. The number of aliphatic hydroxyl groups is 2. The van der Waals surface area contributed by atoms with Crippen LogP contribution in [0.15, 0.2) is 0 Å². The third-order valence-corrected chi connectivity index (χ3v) is 6.04. The molecule has 0 saturated heterocycles. The van der Waals surface area contributed by atoms with Crippen LogP contribution in [-0.4, -0.2) is 21.9 Å². The van der Waals surface area contributed by atoms with Gasteiger partial charge in [0.25, 0.3) is 0 Å². The summed E-state index contributed by atoms with van der Waals surface area (Å²) in [6.45, 7) is 6.94. The van der Waals surface area contributed by atoms with E-state index in [-0.39, 0.29) is 11.5 Å². The average molecular weight is 238 g/mol. The lowest BCUT2D eigenvalue weighted by Gasteiger charge is -2.58. The molecule has 3 aliphatic rings. The van der Waals surface area contributed by atoms with Crippen LogP contribution in [0.4, 0.5) is 0 Å². The fourth-order valence-electron chi connectivity index (χ4n) is 5.31.